The van der Waals surface area contributed by atoms with Gasteiger partial charge in [0.2, 0.25) is 0 Å². The fraction of sp³-hybridized carbons (Fsp3) is 0.583. The van der Waals surface area contributed by atoms with Crippen LogP contribution in [-0.4, -0.2) is 18.9 Å². The van der Waals surface area contributed by atoms with E-state index in [1.807, 2.05) is 0 Å². The van der Waals surface area contributed by atoms with Crippen LogP contribution in [0.15, 0.2) is 18.4 Å². The van der Waals surface area contributed by atoms with E-state index in [2.05, 4.69) is 12.3 Å². The third-order valence-corrected chi connectivity index (χ3v) is 2.98. The van der Waals surface area contributed by atoms with E-state index < -0.39 is 5.41 Å². The van der Waals surface area contributed by atoms with Gasteiger partial charge in [-0.05, 0) is 31.8 Å². The molecule has 0 aromatic carbocycles. The van der Waals surface area contributed by atoms with Gasteiger partial charge in [-0.25, -0.2) is 0 Å². The van der Waals surface area contributed by atoms with Gasteiger partial charge in [0.15, 0.2) is 0 Å². The molecule has 1 atom stereocenters. The molecule has 0 aliphatic heterocycles. The van der Waals surface area contributed by atoms with E-state index in [9.17, 15) is 9.59 Å². The van der Waals surface area contributed by atoms with Crippen LogP contribution >= 0.6 is 0 Å². The van der Waals surface area contributed by atoms with Gasteiger partial charge in [-0.1, -0.05) is 6.58 Å². The maximum Gasteiger partial charge on any atom is 0.319 e. The molecule has 3 heteroatoms. The Bertz CT molecular complexity index is 313. The Kier molecular flexibility index (Phi) is 3.87. The molecule has 1 saturated carbocycles. The van der Waals surface area contributed by atoms with Crippen LogP contribution in [0, 0.1) is 5.41 Å². The average Bonchev–Trinajstić information content (AvgIpc) is 2.61. The minimum Gasteiger partial charge on any atom is -0.468 e. The summed E-state index contributed by atoms with van der Waals surface area (Å²) >= 11 is 0. The number of rotatable bonds is 4. The van der Waals surface area contributed by atoms with E-state index in [1.54, 1.807) is 6.08 Å². The summed E-state index contributed by atoms with van der Waals surface area (Å²) in [5.74, 6) is -0.366. The molecular formula is C12H16O3. The fourth-order valence-corrected chi connectivity index (χ4v) is 2.13. The van der Waals surface area contributed by atoms with Gasteiger partial charge in [-0.15, -0.1) is 5.73 Å². The number of hydrogen-bond donors (Lipinski definition) is 0. The van der Waals surface area contributed by atoms with Crippen LogP contribution in [0.5, 0.6) is 0 Å². The molecule has 0 amide bonds. The molecule has 1 aliphatic rings. The summed E-state index contributed by atoms with van der Waals surface area (Å²) in [5, 5.41) is 0. The number of carbonyl (C=O) groups is 2. The van der Waals surface area contributed by atoms with Crippen LogP contribution in [0.25, 0.3) is 0 Å². The predicted molar refractivity (Wildman–Crippen MR) is 56.3 cm³/mol. The van der Waals surface area contributed by atoms with Gasteiger partial charge < -0.3 is 4.74 Å². The molecule has 1 rings (SSSR count). The van der Waals surface area contributed by atoms with Crippen molar-refractivity contribution < 1.29 is 14.3 Å². The maximum atomic E-state index is 11.7. The Morgan fingerprint density at radius 1 is 1.73 bits per heavy atom. The Balaban J connectivity index is 2.81. The van der Waals surface area contributed by atoms with Crippen LogP contribution in [0.1, 0.15) is 32.1 Å². The molecule has 0 bridgehead atoms. The van der Waals surface area contributed by atoms with Gasteiger partial charge in [0, 0.05) is 6.42 Å². The van der Waals surface area contributed by atoms with Crippen LogP contribution in [-0.2, 0) is 14.3 Å². The van der Waals surface area contributed by atoms with Crippen molar-refractivity contribution in [3.63, 3.8) is 0 Å². The van der Waals surface area contributed by atoms with Gasteiger partial charge in [0.25, 0.3) is 0 Å². The van der Waals surface area contributed by atoms with Crippen molar-refractivity contribution in [1.29, 1.82) is 0 Å². The van der Waals surface area contributed by atoms with Crippen molar-refractivity contribution in [2.75, 3.05) is 7.11 Å². The first-order chi connectivity index (χ1) is 7.17. The minimum absolute atomic E-state index is 0.0202. The molecule has 3 nitrogen and oxygen atoms in total. The predicted octanol–water partition coefficient (Wildman–Crippen LogP) is 2.02. The van der Waals surface area contributed by atoms with E-state index in [-0.39, 0.29) is 11.8 Å². The molecule has 0 N–H and O–H groups in total. The van der Waals surface area contributed by atoms with Gasteiger partial charge >= 0.3 is 5.97 Å². The zero-order valence-corrected chi connectivity index (χ0v) is 9.04. The van der Waals surface area contributed by atoms with E-state index in [0.29, 0.717) is 25.7 Å². The lowest BCUT2D eigenvalue weighted by Crippen LogP contribution is -2.36. The average molecular weight is 208 g/mol. The highest BCUT2D eigenvalue weighted by molar-refractivity contribution is 6.05. The zero-order chi connectivity index (χ0) is 11.3. The fourth-order valence-electron chi connectivity index (χ4n) is 2.13. The quantitative estimate of drug-likeness (QED) is 0.403. The standard InChI is InChI=1S/C12H16O3/c1-3-4-5-8-12(11(14)15-2)9-6-7-10(12)13/h4H,1,5-9H2,2H3. The molecule has 1 fully saturated rings. The maximum absolute atomic E-state index is 11.7. The number of Topliss-reactive ketones (excluding diaryl/α,β-unsaturated/α-hetero) is 1. The van der Waals surface area contributed by atoms with Crippen molar-refractivity contribution >= 4 is 11.8 Å². The highest BCUT2D eigenvalue weighted by Crippen LogP contribution is 2.40. The molecule has 0 spiro atoms. The number of allylic oxidation sites excluding steroid dienone is 1. The van der Waals surface area contributed by atoms with Crippen molar-refractivity contribution in [2.24, 2.45) is 5.41 Å². The van der Waals surface area contributed by atoms with Gasteiger partial charge in [0.1, 0.15) is 11.2 Å². The molecule has 0 saturated heterocycles. The molecule has 0 aromatic rings. The molecule has 1 aliphatic carbocycles. The monoisotopic (exact) mass is 208 g/mol. The third-order valence-electron chi connectivity index (χ3n) is 2.98. The summed E-state index contributed by atoms with van der Waals surface area (Å²) < 4.78 is 4.73. The van der Waals surface area contributed by atoms with Crippen molar-refractivity contribution in [2.45, 2.75) is 32.1 Å². The summed E-state index contributed by atoms with van der Waals surface area (Å²) in [7, 11) is 1.33. The Morgan fingerprint density at radius 2 is 2.47 bits per heavy atom. The van der Waals surface area contributed by atoms with Gasteiger partial charge in [-0.3, -0.25) is 9.59 Å². The largest absolute Gasteiger partial charge is 0.468 e. The van der Waals surface area contributed by atoms with E-state index in [1.165, 1.54) is 7.11 Å². The van der Waals surface area contributed by atoms with Crippen molar-refractivity contribution in [1.82, 2.24) is 0 Å². The number of ether oxygens (including phenoxy) is 1. The first-order valence-electron chi connectivity index (χ1n) is 5.13. The van der Waals surface area contributed by atoms with Gasteiger partial charge in [0.05, 0.1) is 7.11 Å². The zero-order valence-electron chi connectivity index (χ0n) is 9.04. The molecule has 0 aromatic heterocycles. The lowest BCUT2D eigenvalue weighted by molar-refractivity contribution is -0.156. The number of methoxy groups -OCH3 is 1. The summed E-state index contributed by atoms with van der Waals surface area (Å²) in [5.41, 5.74) is 1.76. The lowest BCUT2D eigenvalue weighted by atomic mass is 9.80. The molecule has 0 heterocycles. The second-order valence-corrected chi connectivity index (χ2v) is 3.80. The Hall–Kier alpha value is -1.34. The first-order valence-corrected chi connectivity index (χ1v) is 5.13. The Morgan fingerprint density at radius 3 is 2.93 bits per heavy atom. The van der Waals surface area contributed by atoms with Crippen LogP contribution in [0.2, 0.25) is 0 Å². The van der Waals surface area contributed by atoms with E-state index in [4.69, 9.17) is 4.74 Å². The smallest absolute Gasteiger partial charge is 0.319 e. The first kappa shape index (κ1) is 11.7. The van der Waals surface area contributed by atoms with Crippen LogP contribution < -0.4 is 0 Å². The van der Waals surface area contributed by atoms with Crippen molar-refractivity contribution in [3.8, 4) is 0 Å². The second-order valence-electron chi connectivity index (χ2n) is 3.80. The molecule has 15 heavy (non-hydrogen) atoms. The highest BCUT2D eigenvalue weighted by atomic mass is 16.5. The lowest BCUT2D eigenvalue weighted by Gasteiger charge is -2.23. The highest BCUT2D eigenvalue weighted by Gasteiger charge is 2.48. The van der Waals surface area contributed by atoms with Gasteiger partial charge in [-0.2, -0.15) is 0 Å². The van der Waals surface area contributed by atoms with Crippen molar-refractivity contribution in [3.05, 3.63) is 18.4 Å². The molecule has 82 valence electrons. The normalized spacial score (nSPS) is 24.7. The number of esters is 1. The number of hydrogen-bond acceptors (Lipinski definition) is 3. The molecular weight excluding hydrogens is 192 g/mol. The Labute approximate surface area is 89.8 Å². The topological polar surface area (TPSA) is 43.4 Å². The summed E-state index contributed by atoms with van der Waals surface area (Å²) in [6.45, 7) is 3.45. The third kappa shape index (κ3) is 2.18. The summed E-state index contributed by atoms with van der Waals surface area (Å²) in [4.78, 5) is 23.4. The van der Waals surface area contributed by atoms with Crippen LogP contribution in [0.4, 0.5) is 0 Å². The summed E-state index contributed by atoms with van der Waals surface area (Å²) in [6, 6.07) is 0. The van der Waals surface area contributed by atoms with Crippen LogP contribution in [0.3, 0.4) is 0 Å². The van der Waals surface area contributed by atoms with E-state index >= 15 is 0 Å². The summed E-state index contributed by atoms with van der Waals surface area (Å²) in [6.07, 6.45) is 4.80. The molecule has 0 radical (unpaired) electrons. The SMILES string of the molecule is C=C=CCCC1(C(=O)OC)CCCC1=O. The molecule has 1 unspecified atom stereocenters. The minimum atomic E-state index is -0.887. The van der Waals surface area contributed by atoms with E-state index in [0.717, 1.165) is 6.42 Å². The second kappa shape index (κ2) is 4.94. The number of ketones is 1. The number of carbonyl (C=O) groups excluding carboxylic acids is 2.